The topological polar surface area (TPSA) is 110 Å². The first kappa shape index (κ1) is 21.1. The van der Waals surface area contributed by atoms with Crippen molar-refractivity contribution in [3.05, 3.63) is 59.0 Å². The molecule has 1 aromatic carbocycles. The van der Waals surface area contributed by atoms with Gasteiger partial charge in [-0.25, -0.2) is 9.97 Å². The number of amides is 1. The molecule has 4 aromatic rings. The second-order valence-electron chi connectivity index (χ2n) is 7.86. The molecule has 1 aliphatic heterocycles. The monoisotopic (exact) mass is 456 g/mol. The van der Waals surface area contributed by atoms with Crippen molar-refractivity contribution in [1.82, 2.24) is 25.1 Å². The van der Waals surface area contributed by atoms with Crippen LogP contribution in [-0.4, -0.2) is 50.7 Å². The van der Waals surface area contributed by atoms with E-state index < -0.39 is 17.8 Å². The Morgan fingerprint density at radius 2 is 2.03 bits per heavy atom. The molecule has 4 heterocycles. The van der Waals surface area contributed by atoms with Crippen LogP contribution in [0.3, 0.4) is 0 Å². The molecule has 0 radical (unpaired) electrons. The van der Waals surface area contributed by atoms with Crippen molar-refractivity contribution in [3.63, 3.8) is 0 Å². The number of aromatic nitrogens is 4. The lowest BCUT2D eigenvalue weighted by atomic mass is 10.0. The summed E-state index contributed by atoms with van der Waals surface area (Å²) >= 11 is 0. The van der Waals surface area contributed by atoms with Gasteiger partial charge in [-0.15, -0.1) is 0 Å². The zero-order chi connectivity index (χ0) is 23.3. The number of ether oxygens (including phenoxy) is 1. The van der Waals surface area contributed by atoms with Gasteiger partial charge in [-0.1, -0.05) is 12.1 Å². The maximum absolute atomic E-state index is 13.4. The van der Waals surface area contributed by atoms with Crippen molar-refractivity contribution < 1.29 is 22.7 Å². The summed E-state index contributed by atoms with van der Waals surface area (Å²) in [5, 5.41) is 8.49. The van der Waals surface area contributed by atoms with Crippen molar-refractivity contribution in [2.45, 2.75) is 19.1 Å². The molecule has 1 amide bonds. The van der Waals surface area contributed by atoms with E-state index in [0.717, 1.165) is 17.8 Å². The zero-order valence-electron chi connectivity index (χ0n) is 17.5. The van der Waals surface area contributed by atoms with Gasteiger partial charge in [-0.3, -0.25) is 9.89 Å². The molecule has 3 N–H and O–H groups in total. The number of carbonyl (C=O) groups is 1. The number of halogens is 3. The summed E-state index contributed by atoms with van der Waals surface area (Å²) in [7, 11) is 0. The minimum absolute atomic E-state index is 0.172. The zero-order valence-corrected chi connectivity index (χ0v) is 17.5. The van der Waals surface area contributed by atoms with E-state index in [1.165, 1.54) is 18.3 Å². The van der Waals surface area contributed by atoms with Gasteiger partial charge in [0.25, 0.3) is 5.91 Å². The number of H-pyrrole nitrogens is 1. The van der Waals surface area contributed by atoms with Gasteiger partial charge in [0, 0.05) is 17.6 Å². The fraction of sp³-hybridized carbons (Fsp3) is 0.273. The van der Waals surface area contributed by atoms with Crippen molar-refractivity contribution in [2.75, 3.05) is 25.5 Å². The molecule has 0 spiro atoms. The highest BCUT2D eigenvalue weighted by Gasteiger charge is 2.33. The average molecular weight is 456 g/mol. The number of aryl methyl sites for hydroxylation is 1. The lowest BCUT2D eigenvalue weighted by molar-refractivity contribution is -0.137. The van der Waals surface area contributed by atoms with Gasteiger partial charge in [-0.2, -0.15) is 18.3 Å². The Kier molecular flexibility index (Phi) is 4.93. The van der Waals surface area contributed by atoms with Crippen LogP contribution in [0.1, 0.15) is 33.4 Å². The molecular weight excluding hydrogens is 437 g/mol. The lowest BCUT2D eigenvalue weighted by Gasteiger charge is -2.35. The molecule has 1 atom stereocenters. The van der Waals surface area contributed by atoms with Gasteiger partial charge >= 0.3 is 6.18 Å². The van der Waals surface area contributed by atoms with Crippen LogP contribution in [0, 0.1) is 6.92 Å². The number of hydrogen-bond donors (Lipinski definition) is 2. The van der Waals surface area contributed by atoms with E-state index in [2.05, 4.69) is 20.2 Å². The fourth-order valence-corrected chi connectivity index (χ4v) is 4.13. The average Bonchev–Trinajstić information content (AvgIpc) is 3.20. The third kappa shape index (κ3) is 3.63. The number of anilines is 1. The van der Waals surface area contributed by atoms with E-state index in [9.17, 15) is 18.0 Å². The minimum atomic E-state index is -4.43. The Bertz CT molecular complexity index is 1370. The first-order valence-electron chi connectivity index (χ1n) is 10.2. The van der Waals surface area contributed by atoms with Crippen LogP contribution < -0.4 is 5.73 Å². The van der Waals surface area contributed by atoms with Gasteiger partial charge in [-0.05, 0) is 30.7 Å². The predicted molar refractivity (Wildman–Crippen MR) is 114 cm³/mol. The molecule has 0 unspecified atom stereocenters. The van der Waals surface area contributed by atoms with E-state index in [0.29, 0.717) is 39.8 Å². The molecule has 11 heteroatoms. The minimum Gasteiger partial charge on any atom is -0.383 e. The maximum atomic E-state index is 13.4. The van der Waals surface area contributed by atoms with Gasteiger partial charge in [0.15, 0.2) is 0 Å². The first-order valence-corrected chi connectivity index (χ1v) is 10.2. The van der Waals surface area contributed by atoms with Gasteiger partial charge in [0.05, 0.1) is 41.9 Å². The number of nitrogens with zero attached hydrogens (tertiary/aromatic N) is 4. The van der Waals surface area contributed by atoms with Crippen molar-refractivity contribution in [3.8, 4) is 0 Å². The lowest BCUT2D eigenvalue weighted by Crippen LogP contribution is -2.43. The van der Waals surface area contributed by atoms with E-state index in [-0.39, 0.29) is 24.8 Å². The SMILES string of the molecule is Cc1[nH]nc2c1c(N)nc1cnc(C(=O)N3CCOC[C@@H]3c3ccc(C(F)(F)F)cc3)cc12. The Morgan fingerprint density at radius 3 is 2.76 bits per heavy atom. The first-order chi connectivity index (χ1) is 15.7. The van der Waals surface area contributed by atoms with Crippen LogP contribution in [0.25, 0.3) is 21.8 Å². The highest BCUT2D eigenvalue weighted by atomic mass is 19.4. The smallest absolute Gasteiger partial charge is 0.383 e. The molecule has 33 heavy (non-hydrogen) atoms. The molecule has 5 rings (SSSR count). The molecule has 0 saturated carbocycles. The number of aromatic amines is 1. The molecule has 0 aliphatic carbocycles. The standard InChI is InChI=1S/C22H19F3N6O2/c1-11-18-19(30-29-11)14-8-15(27-9-16(14)28-20(18)26)21(32)31-6-7-33-10-17(31)12-2-4-13(5-3-12)22(23,24)25/h2-5,8-9,17H,6-7,10H2,1H3,(H2,26,28)(H,29,30)/t17-/m1/s1. The summed E-state index contributed by atoms with van der Waals surface area (Å²) < 4.78 is 44.3. The molecule has 3 aromatic heterocycles. The normalized spacial score (nSPS) is 17.1. The highest BCUT2D eigenvalue weighted by Crippen LogP contribution is 2.33. The number of nitrogen functional groups attached to an aromatic ring is 1. The van der Waals surface area contributed by atoms with E-state index >= 15 is 0 Å². The number of fused-ring (bicyclic) bond motifs is 3. The third-order valence-electron chi connectivity index (χ3n) is 5.81. The number of nitrogens with two attached hydrogens (primary N) is 1. The summed E-state index contributed by atoms with van der Waals surface area (Å²) in [6.45, 7) is 2.60. The summed E-state index contributed by atoms with van der Waals surface area (Å²) in [5.74, 6) is -0.0393. The molecule has 1 aliphatic rings. The van der Waals surface area contributed by atoms with Crippen LogP contribution in [0.4, 0.5) is 19.0 Å². The van der Waals surface area contributed by atoms with Crippen LogP contribution >= 0.6 is 0 Å². The largest absolute Gasteiger partial charge is 0.416 e. The molecule has 8 nitrogen and oxygen atoms in total. The summed E-state index contributed by atoms with van der Waals surface area (Å²) in [6.07, 6.45) is -2.96. The number of carbonyl (C=O) groups excluding carboxylic acids is 1. The van der Waals surface area contributed by atoms with E-state index in [4.69, 9.17) is 10.5 Å². The van der Waals surface area contributed by atoms with Crippen LogP contribution in [-0.2, 0) is 10.9 Å². The van der Waals surface area contributed by atoms with Gasteiger partial charge in [0.2, 0.25) is 0 Å². The fourth-order valence-electron chi connectivity index (χ4n) is 4.13. The third-order valence-corrected chi connectivity index (χ3v) is 5.81. The molecular formula is C22H19F3N6O2. The summed E-state index contributed by atoms with van der Waals surface area (Å²) in [5.41, 5.74) is 7.88. The highest BCUT2D eigenvalue weighted by molar-refractivity contribution is 6.10. The number of nitrogens with one attached hydrogen (secondary N) is 1. The van der Waals surface area contributed by atoms with Crippen molar-refractivity contribution >= 4 is 33.5 Å². The van der Waals surface area contributed by atoms with Crippen LogP contribution in [0.2, 0.25) is 0 Å². The molecule has 0 bridgehead atoms. The van der Waals surface area contributed by atoms with E-state index in [1.807, 2.05) is 6.92 Å². The number of rotatable bonds is 2. The molecule has 1 saturated heterocycles. The Labute approximate surface area is 185 Å². The van der Waals surface area contributed by atoms with Gasteiger partial charge < -0.3 is 15.4 Å². The Hall–Kier alpha value is -3.73. The predicted octanol–water partition coefficient (Wildman–Crippen LogP) is 3.63. The van der Waals surface area contributed by atoms with E-state index in [1.54, 1.807) is 11.0 Å². The van der Waals surface area contributed by atoms with Crippen LogP contribution in [0.15, 0.2) is 36.5 Å². The second-order valence-corrected chi connectivity index (χ2v) is 7.86. The molecule has 170 valence electrons. The number of morpholine rings is 1. The number of hydrogen-bond acceptors (Lipinski definition) is 6. The Balaban J connectivity index is 1.52. The van der Waals surface area contributed by atoms with Gasteiger partial charge in [0.1, 0.15) is 17.0 Å². The van der Waals surface area contributed by atoms with Crippen molar-refractivity contribution in [1.29, 1.82) is 0 Å². The summed E-state index contributed by atoms with van der Waals surface area (Å²) in [6, 6.07) is 5.84. The van der Waals surface area contributed by atoms with Crippen molar-refractivity contribution in [2.24, 2.45) is 0 Å². The summed E-state index contributed by atoms with van der Waals surface area (Å²) in [4.78, 5) is 23.6. The van der Waals surface area contributed by atoms with Crippen LogP contribution in [0.5, 0.6) is 0 Å². The number of alkyl halides is 3. The number of benzene rings is 1. The molecule has 1 fully saturated rings. The number of pyridine rings is 2. The second kappa shape index (κ2) is 7.69. The quantitative estimate of drug-likeness (QED) is 0.477. The Morgan fingerprint density at radius 1 is 1.27 bits per heavy atom. The maximum Gasteiger partial charge on any atom is 0.416 e.